The van der Waals surface area contributed by atoms with Gasteiger partial charge in [-0.15, -0.1) is 0 Å². The Bertz CT molecular complexity index is 254. The summed E-state index contributed by atoms with van der Waals surface area (Å²) in [6.07, 6.45) is 5.53. The number of hydrogen-bond donors (Lipinski definition) is 0. The molecule has 0 unspecified atom stereocenters. The van der Waals surface area contributed by atoms with Crippen molar-refractivity contribution in [2.24, 2.45) is 5.92 Å². The van der Waals surface area contributed by atoms with E-state index in [1.54, 1.807) is 13.8 Å². The summed E-state index contributed by atoms with van der Waals surface area (Å²) in [4.78, 5) is 22.4. The first-order chi connectivity index (χ1) is 8.08. The standard InChI is InChI=1S/C13H22O4/c1-10(2)17-13(15)9-12(14)16-8-7-11-5-3-4-6-11/h10-11H,3-9H2,1-2H3. The number of hydrogen-bond acceptors (Lipinski definition) is 4. The van der Waals surface area contributed by atoms with Crippen molar-refractivity contribution >= 4 is 11.9 Å². The summed E-state index contributed by atoms with van der Waals surface area (Å²) < 4.78 is 9.88. The Labute approximate surface area is 103 Å². The molecule has 1 rings (SSSR count). The van der Waals surface area contributed by atoms with E-state index in [0.29, 0.717) is 12.5 Å². The first kappa shape index (κ1) is 14.0. The fourth-order valence-corrected chi connectivity index (χ4v) is 2.11. The van der Waals surface area contributed by atoms with Gasteiger partial charge in [-0.3, -0.25) is 9.59 Å². The van der Waals surface area contributed by atoms with Gasteiger partial charge in [-0.2, -0.15) is 0 Å². The molecule has 0 saturated heterocycles. The van der Waals surface area contributed by atoms with Gasteiger partial charge in [0.2, 0.25) is 0 Å². The van der Waals surface area contributed by atoms with Gasteiger partial charge >= 0.3 is 11.9 Å². The molecule has 0 aromatic carbocycles. The zero-order valence-electron chi connectivity index (χ0n) is 10.7. The molecule has 0 aromatic heterocycles. The molecule has 0 amide bonds. The van der Waals surface area contributed by atoms with Crippen LogP contribution in [0.15, 0.2) is 0 Å². The molecular weight excluding hydrogens is 220 g/mol. The molecule has 1 aliphatic carbocycles. The summed E-state index contributed by atoms with van der Waals surface area (Å²) in [5.41, 5.74) is 0. The number of ether oxygens (including phenoxy) is 2. The van der Waals surface area contributed by atoms with E-state index in [-0.39, 0.29) is 12.5 Å². The van der Waals surface area contributed by atoms with Crippen LogP contribution >= 0.6 is 0 Å². The molecular formula is C13H22O4. The van der Waals surface area contributed by atoms with Crippen molar-refractivity contribution in [2.45, 2.75) is 58.5 Å². The fourth-order valence-electron chi connectivity index (χ4n) is 2.11. The monoisotopic (exact) mass is 242 g/mol. The lowest BCUT2D eigenvalue weighted by Gasteiger charge is -2.10. The van der Waals surface area contributed by atoms with Crippen molar-refractivity contribution < 1.29 is 19.1 Å². The highest BCUT2D eigenvalue weighted by atomic mass is 16.6. The van der Waals surface area contributed by atoms with Gasteiger partial charge in [-0.1, -0.05) is 25.7 Å². The third-order valence-electron chi connectivity index (χ3n) is 2.92. The highest BCUT2D eigenvalue weighted by Gasteiger charge is 2.17. The molecule has 0 heterocycles. The molecule has 17 heavy (non-hydrogen) atoms. The van der Waals surface area contributed by atoms with E-state index in [9.17, 15) is 9.59 Å². The molecule has 4 heteroatoms. The van der Waals surface area contributed by atoms with Crippen molar-refractivity contribution in [3.63, 3.8) is 0 Å². The fraction of sp³-hybridized carbons (Fsp3) is 0.846. The van der Waals surface area contributed by atoms with Gasteiger partial charge in [-0.25, -0.2) is 0 Å². The summed E-state index contributed by atoms with van der Waals surface area (Å²) in [6.45, 7) is 3.94. The van der Waals surface area contributed by atoms with Crippen LogP contribution in [0.3, 0.4) is 0 Å². The quantitative estimate of drug-likeness (QED) is 0.530. The molecule has 0 aromatic rings. The molecule has 0 radical (unpaired) electrons. The maximum absolute atomic E-state index is 11.3. The van der Waals surface area contributed by atoms with Crippen LogP contribution in [0.2, 0.25) is 0 Å². The van der Waals surface area contributed by atoms with Crippen molar-refractivity contribution in [1.29, 1.82) is 0 Å². The van der Waals surface area contributed by atoms with E-state index in [2.05, 4.69) is 0 Å². The maximum atomic E-state index is 11.3. The van der Waals surface area contributed by atoms with Crippen LogP contribution in [0.5, 0.6) is 0 Å². The van der Waals surface area contributed by atoms with Crippen LogP contribution < -0.4 is 0 Å². The summed E-state index contributed by atoms with van der Waals surface area (Å²) in [5.74, 6) is -0.287. The molecule has 0 N–H and O–H groups in total. The number of carbonyl (C=O) groups excluding carboxylic acids is 2. The third-order valence-corrected chi connectivity index (χ3v) is 2.92. The van der Waals surface area contributed by atoms with Crippen molar-refractivity contribution in [3.05, 3.63) is 0 Å². The van der Waals surface area contributed by atoms with Crippen molar-refractivity contribution in [2.75, 3.05) is 6.61 Å². The van der Waals surface area contributed by atoms with E-state index < -0.39 is 11.9 Å². The first-order valence-corrected chi connectivity index (χ1v) is 6.43. The van der Waals surface area contributed by atoms with E-state index in [4.69, 9.17) is 9.47 Å². The zero-order chi connectivity index (χ0) is 12.7. The molecule has 0 aliphatic heterocycles. The van der Waals surface area contributed by atoms with Crippen LogP contribution in [0, 0.1) is 5.92 Å². The Kier molecular flexibility index (Phi) is 6.01. The van der Waals surface area contributed by atoms with Crippen LogP contribution in [0.4, 0.5) is 0 Å². The highest BCUT2D eigenvalue weighted by molar-refractivity contribution is 5.91. The minimum Gasteiger partial charge on any atom is -0.465 e. The lowest BCUT2D eigenvalue weighted by atomic mass is 10.1. The molecule has 0 atom stereocenters. The Morgan fingerprint density at radius 2 is 1.82 bits per heavy atom. The van der Waals surface area contributed by atoms with E-state index >= 15 is 0 Å². The molecule has 0 bridgehead atoms. The highest BCUT2D eigenvalue weighted by Crippen LogP contribution is 2.27. The zero-order valence-corrected chi connectivity index (χ0v) is 10.7. The SMILES string of the molecule is CC(C)OC(=O)CC(=O)OCCC1CCCC1. The topological polar surface area (TPSA) is 52.6 Å². The van der Waals surface area contributed by atoms with Crippen LogP contribution in [0.1, 0.15) is 52.4 Å². The van der Waals surface area contributed by atoms with Gasteiger partial charge in [0.25, 0.3) is 0 Å². The molecule has 0 spiro atoms. The molecule has 1 fully saturated rings. The van der Waals surface area contributed by atoms with Crippen LogP contribution in [0.25, 0.3) is 0 Å². The van der Waals surface area contributed by atoms with Gasteiger partial charge in [-0.05, 0) is 26.2 Å². The van der Waals surface area contributed by atoms with E-state index in [1.165, 1.54) is 25.7 Å². The summed E-state index contributed by atoms with van der Waals surface area (Å²) in [7, 11) is 0. The predicted molar refractivity (Wildman–Crippen MR) is 63.4 cm³/mol. The van der Waals surface area contributed by atoms with Gasteiger partial charge in [0, 0.05) is 0 Å². The van der Waals surface area contributed by atoms with Crippen molar-refractivity contribution in [1.82, 2.24) is 0 Å². The summed E-state index contributed by atoms with van der Waals surface area (Å²) >= 11 is 0. The second-order valence-electron chi connectivity index (χ2n) is 4.88. The Balaban J connectivity index is 2.06. The molecule has 98 valence electrons. The molecule has 1 saturated carbocycles. The second-order valence-corrected chi connectivity index (χ2v) is 4.88. The van der Waals surface area contributed by atoms with Gasteiger partial charge in [0.1, 0.15) is 6.42 Å². The normalized spacial score (nSPS) is 16.2. The molecule has 1 aliphatic rings. The summed E-state index contributed by atoms with van der Waals surface area (Å²) in [6, 6.07) is 0. The third kappa shape index (κ3) is 6.29. The lowest BCUT2D eigenvalue weighted by Crippen LogP contribution is -2.18. The smallest absolute Gasteiger partial charge is 0.317 e. The van der Waals surface area contributed by atoms with Gasteiger partial charge in [0.15, 0.2) is 0 Å². The number of esters is 2. The number of carbonyl (C=O) groups is 2. The summed E-state index contributed by atoms with van der Waals surface area (Å²) in [5, 5.41) is 0. The minimum absolute atomic E-state index is 0.186. The average molecular weight is 242 g/mol. The van der Waals surface area contributed by atoms with E-state index in [1.807, 2.05) is 0 Å². The van der Waals surface area contributed by atoms with E-state index in [0.717, 1.165) is 6.42 Å². The largest absolute Gasteiger partial charge is 0.465 e. The van der Waals surface area contributed by atoms with Crippen LogP contribution in [-0.2, 0) is 19.1 Å². The number of rotatable bonds is 6. The minimum atomic E-state index is -0.508. The second kappa shape index (κ2) is 7.30. The first-order valence-electron chi connectivity index (χ1n) is 6.43. The van der Waals surface area contributed by atoms with Gasteiger partial charge < -0.3 is 9.47 Å². The Morgan fingerprint density at radius 1 is 1.18 bits per heavy atom. The average Bonchev–Trinajstić information content (AvgIpc) is 2.68. The maximum Gasteiger partial charge on any atom is 0.317 e. The Hall–Kier alpha value is -1.06. The predicted octanol–water partition coefficient (Wildman–Crippen LogP) is 2.45. The van der Waals surface area contributed by atoms with Crippen molar-refractivity contribution in [3.8, 4) is 0 Å². The Morgan fingerprint density at radius 3 is 2.41 bits per heavy atom. The molecule has 4 nitrogen and oxygen atoms in total. The van der Waals surface area contributed by atoms with Crippen LogP contribution in [-0.4, -0.2) is 24.6 Å². The van der Waals surface area contributed by atoms with Gasteiger partial charge in [0.05, 0.1) is 12.7 Å². The lowest BCUT2D eigenvalue weighted by molar-refractivity contribution is -0.156.